The number of nitrogens with zero attached hydrogens (tertiary/aromatic N) is 1. The molecule has 106 valence electrons. The van der Waals surface area contributed by atoms with Gasteiger partial charge in [-0.2, -0.15) is 0 Å². The molecule has 1 saturated carbocycles. The fraction of sp³-hybridized carbons (Fsp3) is 0.706. The quantitative estimate of drug-likeness (QED) is 0.638. The molecule has 0 saturated heterocycles. The molecule has 1 aromatic heterocycles. The van der Waals surface area contributed by atoms with E-state index in [4.69, 9.17) is 0 Å². The molecule has 1 aliphatic rings. The van der Waals surface area contributed by atoms with Gasteiger partial charge in [-0.1, -0.05) is 32.3 Å². The molecular weight excluding hydrogens is 232 g/mol. The van der Waals surface area contributed by atoms with Crippen LogP contribution in [0.25, 0.3) is 0 Å². The van der Waals surface area contributed by atoms with E-state index in [2.05, 4.69) is 36.4 Å². The number of aromatic nitrogens is 1. The summed E-state index contributed by atoms with van der Waals surface area (Å²) in [6.45, 7) is 6.71. The van der Waals surface area contributed by atoms with E-state index < -0.39 is 0 Å². The number of hydrogen-bond acceptors (Lipinski definition) is 2. The Hall–Kier alpha value is -0.890. The van der Waals surface area contributed by atoms with Gasteiger partial charge in [0.05, 0.1) is 0 Å². The smallest absolute Gasteiger partial charge is 0.0303 e. The van der Waals surface area contributed by atoms with E-state index in [1.807, 2.05) is 6.20 Å². The van der Waals surface area contributed by atoms with E-state index in [0.717, 1.165) is 12.5 Å². The fourth-order valence-corrected chi connectivity index (χ4v) is 3.31. The van der Waals surface area contributed by atoms with E-state index >= 15 is 0 Å². The van der Waals surface area contributed by atoms with Crippen molar-refractivity contribution >= 4 is 0 Å². The predicted molar refractivity (Wildman–Crippen MR) is 81.5 cm³/mol. The van der Waals surface area contributed by atoms with E-state index in [-0.39, 0.29) is 0 Å². The van der Waals surface area contributed by atoms with Gasteiger partial charge >= 0.3 is 0 Å². The van der Waals surface area contributed by atoms with Crippen LogP contribution >= 0.6 is 0 Å². The zero-order chi connectivity index (χ0) is 13.5. The molecule has 2 unspecified atom stereocenters. The third-order valence-corrected chi connectivity index (χ3v) is 4.32. The SMILES string of the molecule is CCCNCC1CCCCCC1c1cncc(C)c1. The molecule has 0 aliphatic heterocycles. The number of hydrogen-bond donors (Lipinski definition) is 1. The van der Waals surface area contributed by atoms with Gasteiger partial charge in [0.1, 0.15) is 0 Å². The summed E-state index contributed by atoms with van der Waals surface area (Å²) in [6, 6.07) is 2.34. The van der Waals surface area contributed by atoms with Crippen molar-refractivity contribution < 1.29 is 0 Å². The van der Waals surface area contributed by atoms with E-state index in [1.54, 1.807) is 0 Å². The molecule has 0 aromatic carbocycles. The molecule has 2 rings (SSSR count). The number of pyridine rings is 1. The van der Waals surface area contributed by atoms with Crippen LogP contribution in [0.2, 0.25) is 0 Å². The van der Waals surface area contributed by atoms with Gasteiger partial charge in [0.25, 0.3) is 0 Å². The molecule has 0 spiro atoms. The zero-order valence-corrected chi connectivity index (χ0v) is 12.5. The third kappa shape index (κ3) is 4.31. The van der Waals surface area contributed by atoms with E-state index in [0.29, 0.717) is 5.92 Å². The molecule has 2 atom stereocenters. The maximum atomic E-state index is 4.40. The van der Waals surface area contributed by atoms with Crippen molar-refractivity contribution in [1.82, 2.24) is 10.3 Å². The summed E-state index contributed by atoms with van der Waals surface area (Å²) in [5.74, 6) is 1.50. The van der Waals surface area contributed by atoms with Gasteiger partial charge in [0, 0.05) is 12.4 Å². The van der Waals surface area contributed by atoms with E-state index in [1.165, 1.54) is 56.2 Å². The van der Waals surface area contributed by atoms with Crippen molar-refractivity contribution in [1.29, 1.82) is 0 Å². The number of aryl methyl sites for hydroxylation is 1. The summed E-state index contributed by atoms with van der Waals surface area (Å²) < 4.78 is 0. The summed E-state index contributed by atoms with van der Waals surface area (Å²) in [5, 5.41) is 3.63. The topological polar surface area (TPSA) is 24.9 Å². The second kappa shape index (κ2) is 7.64. The fourth-order valence-electron chi connectivity index (χ4n) is 3.31. The molecule has 0 radical (unpaired) electrons. The van der Waals surface area contributed by atoms with Crippen molar-refractivity contribution in [2.45, 2.75) is 58.3 Å². The molecule has 1 fully saturated rings. The monoisotopic (exact) mass is 260 g/mol. The summed E-state index contributed by atoms with van der Waals surface area (Å²) >= 11 is 0. The predicted octanol–water partition coefficient (Wildman–Crippen LogP) is 4.05. The van der Waals surface area contributed by atoms with Crippen molar-refractivity contribution in [3.63, 3.8) is 0 Å². The van der Waals surface area contributed by atoms with Crippen molar-refractivity contribution in [2.24, 2.45) is 5.92 Å². The summed E-state index contributed by atoms with van der Waals surface area (Å²) in [7, 11) is 0. The van der Waals surface area contributed by atoms with Crippen LogP contribution in [0.4, 0.5) is 0 Å². The highest BCUT2D eigenvalue weighted by Crippen LogP contribution is 2.36. The van der Waals surface area contributed by atoms with Crippen LogP contribution in [-0.2, 0) is 0 Å². The van der Waals surface area contributed by atoms with Crippen LogP contribution in [0, 0.1) is 12.8 Å². The van der Waals surface area contributed by atoms with Crippen molar-refractivity contribution in [3.05, 3.63) is 29.6 Å². The number of rotatable bonds is 5. The van der Waals surface area contributed by atoms with Gasteiger partial charge in [0.15, 0.2) is 0 Å². The lowest BCUT2D eigenvalue weighted by Gasteiger charge is -2.26. The van der Waals surface area contributed by atoms with Crippen molar-refractivity contribution in [3.8, 4) is 0 Å². The lowest BCUT2D eigenvalue weighted by atomic mass is 9.82. The van der Waals surface area contributed by atoms with Gasteiger partial charge in [-0.15, -0.1) is 0 Å². The molecule has 0 amide bonds. The molecular formula is C17H28N2. The van der Waals surface area contributed by atoms with Crippen LogP contribution in [0.5, 0.6) is 0 Å². The molecule has 1 aromatic rings. The normalized spacial score (nSPS) is 24.1. The van der Waals surface area contributed by atoms with Crippen molar-refractivity contribution in [2.75, 3.05) is 13.1 Å². The Morgan fingerprint density at radius 2 is 2.05 bits per heavy atom. The summed E-state index contributed by atoms with van der Waals surface area (Å²) in [4.78, 5) is 4.40. The standard InChI is InChI=1S/C17H28N2/c1-3-9-18-12-15-7-5-4-6-8-17(15)16-10-14(2)11-19-13-16/h10-11,13,15,17-18H,3-9,12H2,1-2H3. The molecule has 0 bridgehead atoms. The van der Waals surface area contributed by atoms with Gasteiger partial charge < -0.3 is 5.32 Å². The van der Waals surface area contributed by atoms with Crippen LogP contribution in [0.3, 0.4) is 0 Å². The Morgan fingerprint density at radius 1 is 1.21 bits per heavy atom. The number of nitrogens with one attached hydrogen (secondary N) is 1. The first-order valence-corrected chi connectivity index (χ1v) is 7.93. The molecule has 1 heterocycles. The Kier molecular flexibility index (Phi) is 5.84. The first kappa shape index (κ1) is 14.5. The largest absolute Gasteiger partial charge is 0.316 e. The highest BCUT2D eigenvalue weighted by Gasteiger charge is 2.25. The summed E-state index contributed by atoms with van der Waals surface area (Å²) in [5.41, 5.74) is 2.76. The minimum Gasteiger partial charge on any atom is -0.316 e. The van der Waals surface area contributed by atoms with Gasteiger partial charge in [-0.05, 0) is 62.2 Å². The maximum absolute atomic E-state index is 4.40. The van der Waals surface area contributed by atoms with Crippen LogP contribution in [-0.4, -0.2) is 18.1 Å². The summed E-state index contributed by atoms with van der Waals surface area (Å²) in [6.07, 6.45) is 12.2. The van der Waals surface area contributed by atoms with E-state index in [9.17, 15) is 0 Å². The molecule has 1 aliphatic carbocycles. The third-order valence-electron chi connectivity index (χ3n) is 4.32. The second-order valence-corrected chi connectivity index (χ2v) is 6.00. The highest BCUT2D eigenvalue weighted by atomic mass is 14.9. The van der Waals surface area contributed by atoms with Crippen LogP contribution in [0.15, 0.2) is 18.5 Å². The molecule has 1 N–H and O–H groups in total. The molecule has 19 heavy (non-hydrogen) atoms. The van der Waals surface area contributed by atoms with Crippen LogP contribution in [0.1, 0.15) is 62.5 Å². The average Bonchev–Trinajstić information content (AvgIpc) is 2.64. The maximum Gasteiger partial charge on any atom is 0.0303 e. The average molecular weight is 260 g/mol. The van der Waals surface area contributed by atoms with Gasteiger partial charge in [0.2, 0.25) is 0 Å². The first-order chi connectivity index (χ1) is 9.31. The van der Waals surface area contributed by atoms with Gasteiger partial charge in [-0.25, -0.2) is 0 Å². The lowest BCUT2D eigenvalue weighted by molar-refractivity contribution is 0.375. The lowest BCUT2D eigenvalue weighted by Crippen LogP contribution is -2.27. The Labute approximate surface area is 118 Å². The Balaban J connectivity index is 2.07. The highest BCUT2D eigenvalue weighted by molar-refractivity contribution is 5.21. The minimum absolute atomic E-state index is 0.708. The minimum atomic E-state index is 0.708. The first-order valence-electron chi connectivity index (χ1n) is 7.93. The Morgan fingerprint density at radius 3 is 2.84 bits per heavy atom. The van der Waals surface area contributed by atoms with Gasteiger partial charge in [-0.3, -0.25) is 4.98 Å². The molecule has 2 nitrogen and oxygen atoms in total. The second-order valence-electron chi connectivity index (χ2n) is 6.00. The zero-order valence-electron chi connectivity index (χ0n) is 12.5. The Bertz CT molecular complexity index is 375. The van der Waals surface area contributed by atoms with Crippen LogP contribution < -0.4 is 5.32 Å². The molecule has 2 heteroatoms.